The summed E-state index contributed by atoms with van der Waals surface area (Å²) in [4.78, 5) is 14.1. The normalized spacial score (nSPS) is 24.2. The maximum atomic E-state index is 12.4. The number of nitrogens with one attached hydrogen (secondary N) is 1. The molecule has 0 spiro atoms. The van der Waals surface area contributed by atoms with Crippen LogP contribution in [-0.4, -0.2) is 25.2 Å². The molecule has 1 aliphatic rings. The molecule has 1 N–H and O–H groups in total. The summed E-state index contributed by atoms with van der Waals surface area (Å²) >= 11 is 0. The van der Waals surface area contributed by atoms with Crippen LogP contribution >= 0.6 is 0 Å². The van der Waals surface area contributed by atoms with Gasteiger partial charge in [0.15, 0.2) is 0 Å². The number of hydrogen-bond donors (Lipinski definition) is 1. The molecule has 1 rings (SSSR count). The summed E-state index contributed by atoms with van der Waals surface area (Å²) in [7, 11) is 0. The van der Waals surface area contributed by atoms with Crippen molar-refractivity contribution in [1.29, 1.82) is 0 Å². The van der Waals surface area contributed by atoms with Crippen LogP contribution in [0.3, 0.4) is 0 Å². The number of rotatable bonds is 4. The molecule has 1 saturated carbocycles. The van der Waals surface area contributed by atoms with E-state index in [1.807, 2.05) is 0 Å². The summed E-state index contributed by atoms with van der Waals surface area (Å²) in [6, 6.07) is 0. The fourth-order valence-corrected chi connectivity index (χ4v) is 2.10. The first kappa shape index (κ1) is 14.6. The third-order valence-corrected chi connectivity index (χ3v) is 3.14. The quantitative estimate of drug-likeness (QED) is 0.360. The van der Waals surface area contributed by atoms with Crippen LogP contribution in [0, 0.1) is 11.8 Å². The molecule has 0 aromatic heterocycles. The van der Waals surface area contributed by atoms with Gasteiger partial charge in [-0.25, -0.2) is 0 Å². The van der Waals surface area contributed by atoms with Crippen molar-refractivity contribution in [1.82, 2.24) is 5.32 Å². The molecule has 5 nitrogen and oxygen atoms in total. The van der Waals surface area contributed by atoms with E-state index in [1.165, 1.54) is 0 Å². The Hall–Kier alpha value is -1.43. The largest absolute Gasteiger partial charge is 0.391 e. The summed E-state index contributed by atoms with van der Waals surface area (Å²) in [5.74, 6) is -1.87. The Morgan fingerprint density at radius 2 is 1.94 bits per heavy atom. The van der Waals surface area contributed by atoms with E-state index in [2.05, 4.69) is 15.3 Å². The standard InChI is InChI=1S/C10H15F3N4O/c11-10(12,13)8-3-1-7(2-4-8)9(18)15-5-6-16-17-14/h7-8H,1-6H2,(H,15,18). The third kappa shape index (κ3) is 4.44. The minimum Gasteiger partial charge on any atom is -0.356 e. The molecule has 1 amide bonds. The molecule has 8 heteroatoms. The van der Waals surface area contributed by atoms with Gasteiger partial charge in [-0.05, 0) is 31.2 Å². The van der Waals surface area contributed by atoms with E-state index in [0.29, 0.717) is 0 Å². The summed E-state index contributed by atoms with van der Waals surface area (Å²) in [5.41, 5.74) is 8.02. The maximum Gasteiger partial charge on any atom is 0.391 e. The fourth-order valence-electron chi connectivity index (χ4n) is 2.10. The van der Waals surface area contributed by atoms with Gasteiger partial charge in [-0.1, -0.05) is 5.11 Å². The Labute approximate surface area is 102 Å². The van der Waals surface area contributed by atoms with Crippen molar-refractivity contribution < 1.29 is 18.0 Å². The van der Waals surface area contributed by atoms with Crippen LogP contribution in [-0.2, 0) is 4.79 Å². The summed E-state index contributed by atoms with van der Waals surface area (Å²) in [6.07, 6.45) is -3.60. The second kappa shape index (κ2) is 6.49. The zero-order chi connectivity index (χ0) is 13.6. The Morgan fingerprint density at radius 3 is 2.44 bits per heavy atom. The highest BCUT2D eigenvalue weighted by molar-refractivity contribution is 5.78. The summed E-state index contributed by atoms with van der Waals surface area (Å²) in [6.45, 7) is 0.377. The van der Waals surface area contributed by atoms with Crippen molar-refractivity contribution >= 4 is 5.91 Å². The summed E-state index contributed by atoms with van der Waals surface area (Å²) in [5, 5.41) is 5.81. The van der Waals surface area contributed by atoms with E-state index in [-0.39, 0.29) is 50.6 Å². The van der Waals surface area contributed by atoms with Gasteiger partial charge >= 0.3 is 6.18 Å². The average Bonchev–Trinajstić information content (AvgIpc) is 2.33. The lowest BCUT2D eigenvalue weighted by molar-refractivity contribution is -0.184. The zero-order valence-electron chi connectivity index (χ0n) is 9.78. The molecule has 0 aromatic rings. The highest BCUT2D eigenvalue weighted by Gasteiger charge is 2.42. The van der Waals surface area contributed by atoms with Crippen LogP contribution in [0.25, 0.3) is 10.4 Å². The Morgan fingerprint density at radius 1 is 1.33 bits per heavy atom. The van der Waals surface area contributed by atoms with Gasteiger partial charge in [0.25, 0.3) is 0 Å². The van der Waals surface area contributed by atoms with Crippen molar-refractivity contribution in [2.24, 2.45) is 17.0 Å². The second-order valence-electron chi connectivity index (χ2n) is 4.34. The lowest BCUT2D eigenvalue weighted by Crippen LogP contribution is -2.36. The highest BCUT2D eigenvalue weighted by Crippen LogP contribution is 2.39. The van der Waals surface area contributed by atoms with Crippen LogP contribution in [0.15, 0.2) is 5.11 Å². The summed E-state index contributed by atoms with van der Waals surface area (Å²) < 4.78 is 37.2. The SMILES string of the molecule is [N-]=[N+]=NCCNC(=O)C1CCC(C(F)(F)F)CC1. The van der Waals surface area contributed by atoms with E-state index < -0.39 is 12.1 Å². The van der Waals surface area contributed by atoms with Crippen LogP contribution in [0.4, 0.5) is 13.2 Å². The first-order valence-electron chi connectivity index (χ1n) is 5.80. The van der Waals surface area contributed by atoms with E-state index in [9.17, 15) is 18.0 Å². The van der Waals surface area contributed by atoms with Gasteiger partial charge in [0.05, 0.1) is 5.92 Å². The zero-order valence-corrected chi connectivity index (χ0v) is 9.78. The molecule has 0 heterocycles. The smallest absolute Gasteiger partial charge is 0.356 e. The van der Waals surface area contributed by atoms with Gasteiger partial charge in [0.2, 0.25) is 5.91 Å². The minimum absolute atomic E-state index is 0.0118. The number of azide groups is 1. The van der Waals surface area contributed by atoms with Gasteiger partial charge in [0.1, 0.15) is 0 Å². The molecule has 0 aromatic carbocycles. The predicted molar refractivity (Wildman–Crippen MR) is 58.5 cm³/mol. The second-order valence-corrected chi connectivity index (χ2v) is 4.34. The molecular formula is C10H15F3N4O. The van der Waals surface area contributed by atoms with Gasteiger partial charge < -0.3 is 5.32 Å². The van der Waals surface area contributed by atoms with Crippen LogP contribution in [0.1, 0.15) is 25.7 Å². The number of alkyl halides is 3. The molecule has 102 valence electrons. The van der Waals surface area contributed by atoms with Crippen LogP contribution in [0.5, 0.6) is 0 Å². The average molecular weight is 264 g/mol. The van der Waals surface area contributed by atoms with E-state index in [0.717, 1.165) is 0 Å². The molecule has 1 fully saturated rings. The number of carbonyl (C=O) groups is 1. The van der Waals surface area contributed by atoms with Crippen molar-refractivity contribution in [3.63, 3.8) is 0 Å². The lowest BCUT2D eigenvalue weighted by atomic mass is 9.81. The molecule has 0 atom stereocenters. The van der Waals surface area contributed by atoms with E-state index >= 15 is 0 Å². The molecule has 0 radical (unpaired) electrons. The Kier molecular flexibility index (Phi) is 5.27. The van der Waals surface area contributed by atoms with Crippen molar-refractivity contribution in [3.05, 3.63) is 10.4 Å². The molecule has 1 aliphatic carbocycles. The monoisotopic (exact) mass is 264 g/mol. The number of halogens is 3. The fraction of sp³-hybridized carbons (Fsp3) is 0.900. The van der Waals surface area contributed by atoms with Gasteiger partial charge in [-0.2, -0.15) is 13.2 Å². The first-order valence-corrected chi connectivity index (χ1v) is 5.80. The van der Waals surface area contributed by atoms with E-state index in [1.54, 1.807) is 0 Å². The minimum atomic E-state index is -4.15. The lowest BCUT2D eigenvalue weighted by Gasteiger charge is -2.29. The Bertz CT molecular complexity index is 331. The Balaban J connectivity index is 2.29. The van der Waals surface area contributed by atoms with Crippen molar-refractivity contribution in [3.8, 4) is 0 Å². The third-order valence-electron chi connectivity index (χ3n) is 3.14. The van der Waals surface area contributed by atoms with Gasteiger partial charge in [0, 0.05) is 23.9 Å². The highest BCUT2D eigenvalue weighted by atomic mass is 19.4. The van der Waals surface area contributed by atoms with Crippen LogP contribution in [0.2, 0.25) is 0 Å². The molecule has 0 aliphatic heterocycles. The number of hydrogen-bond acceptors (Lipinski definition) is 2. The van der Waals surface area contributed by atoms with Crippen LogP contribution < -0.4 is 5.32 Å². The molecular weight excluding hydrogens is 249 g/mol. The van der Waals surface area contributed by atoms with E-state index in [4.69, 9.17) is 5.53 Å². The van der Waals surface area contributed by atoms with Crippen molar-refractivity contribution in [2.45, 2.75) is 31.9 Å². The first-order chi connectivity index (χ1) is 8.45. The van der Waals surface area contributed by atoms with Crippen molar-refractivity contribution in [2.75, 3.05) is 13.1 Å². The molecule has 18 heavy (non-hydrogen) atoms. The molecule has 0 unspecified atom stereocenters. The molecule has 0 saturated heterocycles. The number of amides is 1. The van der Waals surface area contributed by atoms with Gasteiger partial charge in [-0.15, -0.1) is 0 Å². The topological polar surface area (TPSA) is 77.9 Å². The predicted octanol–water partition coefficient (Wildman–Crippen LogP) is 2.78. The number of carbonyl (C=O) groups excluding carboxylic acids is 1. The molecule has 0 bridgehead atoms. The maximum absolute atomic E-state index is 12.4. The van der Waals surface area contributed by atoms with Gasteiger partial charge in [-0.3, -0.25) is 4.79 Å². The number of nitrogens with zero attached hydrogens (tertiary/aromatic N) is 3.